The molecule has 0 aliphatic carbocycles. The molecular weight excluding hydrogens is 152 g/mol. The van der Waals surface area contributed by atoms with Gasteiger partial charge in [0.1, 0.15) is 6.29 Å². The Labute approximate surface area is 72.3 Å². The number of aldehydes is 1. The number of benzene rings is 1. The highest BCUT2D eigenvalue weighted by atomic mass is 16.1. The first-order valence-corrected chi connectivity index (χ1v) is 3.60. The Balaban J connectivity index is 0.000000561. The lowest BCUT2D eigenvalue weighted by Crippen LogP contribution is -2.02. The fraction of sp³-hybridized carbons (Fsp3) is 0.222. The second-order valence-corrected chi connectivity index (χ2v) is 2.46. The Bertz CT molecular complexity index is 259. The van der Waals surface area contributed by atoms with Gasteiger partial charge < -0.3 is 0 Å². The Morgan fingerprint density at radius 1 is 1.17 bits per heavy atom. The van der Waals surface area contributed by atoms with Gasteiger partial charge in [0.2, 0.25) is 0 Å². The predicted molar refractivity (Wildman–Crippen MR) is 49.7 cm³/mol. The average molecular weight is 166 g/mol. The SMILES string of the molecule is Cc1ccc(C=O)cc1C.NN. The van der Waals surface area contributed by atoms with Gasteiger partial charge in [0.25, 0.3) is 0 Å². The summed E-state index contributed by atoms with van der Waals surface area (Å²) in [5, 5.41) is 0. The van der Waals surface area contributed by atoms with E-state index in [1.54, 1.807) is 0 Å². The number of hydrazine groups is 1. The first-order chi connectivity index (χ1) is 5.74. The third-order valence-electron chi connectivity index (χ3n) is 1.67. The highest BCUT2D eigenvalue weighted by Gasteiger charge is 1.92. The zero-order valence-electron chi connectivity index (χ0n) is 7.37. The van der Waals surface area contributed by atoms with Crippen LogP contribution in [0, 0.1) is 13.8 Å². The van der Waals surface area contributed by atoms with Gasteiger partial charge in [-0.05, 0) is 31.0 Å². The van der Waals surface area contributed by atoms with Crippen LogP contribution < -0.4 is 11.7 Å². The molecule has 3 nitrogen and oxygen atoms in total. The van der Waals surface area contributed by atoms with E-state index in [-0.39, 0.29) is 0 Å². The van der Waals surface area contributed by atoms with E-state index in [9.17, 15) is 4.79 Å². The van der Waals surface area contributed by atoms with E-state index in [0.29, 0.717) is 0 Å². The molecule has 0 spiro atoms. The van der Waals surface area contributed by atoms with Gasteiger partial charge in [-0.3, -0.25) is 16.5 Å². The number of carbonyl (C=O) groups excluding carboxylic acids is 1. The number of nitrogens with two attached hydrogens (primary N) is 2. The molecule has 0 aliphatic rings. The van der Waals surface area contributed by atoms with Crippen LogP contribution in [0.4, 0.5) is 0 Å². The first kappa shape index (κ1) is 10.8. The van der Waals surface area contributed by atoms with Crippen LogP contribution in [0.2, 0.25) is 0 Å². The second kappa shape index (κ2) is 5.46. The van der Waals surface area contributed by atoms with E-state index in [4.69, 9.17) is 0 Å². The maximum Gasteiger partial charge on any atom is 0.150 e. The minimum absolute atomic E-state index is 0.753. The zero-order chi connectivity index (χ0) is 9.56. The smallest absolute Gasteiger partial charge is 0.150 e. The lowest BCUT2D eigenvalue weighted by Gasteiger charge is -1.97. The summed E-state index contributed by atoms with van der Waals surface area (Å²) in [4.78, 5) is 10.3. The number of carbonyl (C=O) groups is 1. The van der Waals surface area contributed by atoms with E-state index < -0.39 is 0 Å². The maximum atomic E-state index is 10.3. The van der Waals surface area contributed by atoms with Crippen LogP contribution in [0.5, 0.6) is 0 Å². The zero-order valence-corrected chi connectivity index (χ0v) is 7.37. The van der Waals surface area contributed by atoms with Gasteiger partial charge in [0.05, 0.1) is 0 Å². The van der Waals surface area contributed by atoms with E-state index >= 15 is 0 Å². The maximum absolute atomic E-state index is 10.3. The molecular formula is C9H14N2O. The topological polar surface area (TPSA) is 69.1 Å². The van der Waals surface area contributed by atoms with E-state index in [1.165, 1.54) is 11.1 Å². The summed E-state index contributed by atoms with van der Waals surface area (Å²) in [6.07, 6.45) is 0.867. The van der Waals surface area contributed by atoms with Gasteiger partial charge in [-0.1, -0.05) is 12.1 Å². The van der Waals surface area contributed by atoms with Crippen LogP contribution >= 0.6 is 0 Å². The molecule has 12 heavy (non-hydrogen) atoms. The van der Waals surface area contributed by atoms with Crippen LogP contribution in [-0.2, 0) is 0 Å². The summed E-state index contributed by atoms with van der Waals surface area (Å²) in [6, 6.07) is 5.68. The van der Waals surface area contributed by atoms with Crippen molar-refractivity contribution in [3.05, 3.63) is 34.9 Å². The van der Waals surface area contributed by atoms with Crippen LogP contribution in [0.25, 0.3) is 0 Å². The molecule has 66 valence electrons. The first-order valence-electron chi connectivity index (χ1n) is 3.60. The highest BCUT2D eigenvalue weighted by molar-refractivity contribution is 5.75. The number of hydrogen-bond donors (Lipinski definition) is 2. The highest BCUT2D eigenvalue weighted by Crippen LogP contribution is 2.07. The van der Waals surface area contributed by atoms with Crippen LogP contribution in [0.1, 0.15) is 21.5 Å². The molecule has 0 unspecified atom stereocenters. The molecule has 0 saturated carbocycles. The summed E-state index contributed by atoms with van der Waals surface area (Å²) in [5.74, 6) is 8.00. The molecule has 4 N–H and O–H groups in total. The Morgan fingerprint density at radius 3 is 2.17 bits per heavy atom. The Hall–Kier alpha value is -1.19. The van der Waals surface area contributed by atoms with Gasteiger partial charge in [-0.15, -0.1) is 0 Å². The summed E-state index contributed by atoms with van der Waals surface area (Å²) in [6.45, 7) is 4.03. The lowest BCUT2D eigenvalue weighted by atomic mass is 10.1. The summed E-state index contributed by atoms with van der Waals surface area (Å²) in [5.41, 5.74) is 3.15. The molecule has 0 atom stereocenters. The molecule has 0 aromatic heterocycles. The van der Waals surface area contributed by atoms with Gasteiger partial charge in [-0.2, -0.15) is 0 Å². The molecule has 3 heteroatoms. The van der Waals surface area contributed by atoms with Gasteiger partial charge >= 0.3 is 0 Å². The normalized spacial score (nSPS) is 8.33. The monoisotopic (exact) mass is 166 g/mol. The standard InChI is InChI=1S/C9H10O.H4N2/c1-7-3-4-9(6-10)5-8(7)2;1-2/h3-6H,1-2H3;1-2H2. The van der Waals surface area contributed by atoms with Crippen molar-refractivity contribution in [2.75, 3.05) is 0 Å². The summed E-state index contributed by atoms with van der Waals surface area (Å²) in [7, 11) is 0. The van der Waals surface area contributed by atoms with Crippen LogP contribution in [0.15, 0.2) is 18.2 Å². The van der Waals surface area contributed by atoms with Crippen LogP contribution in [0.3, 0.4) is 0 Å². The molecule has 0 amide bonds. The van der Waals surface area contributed by atoms with Crippen molar-refractivity contribution >= 4 is 6.29 Å². The summed E-state index contributed by atoms with van der Waals surface area (Å²) < 4.78 is 0. The molecule has 1 aromatic carbocycles. The molecule has 0 aliphatic heterocycles. The molecule has 0 heterocycles. The second-order valence-electron chi connectivity index (χ2n) is 2.46. The number of aryl methyl sites for hydroxylation is 2. The number of rotatable bonds is 1. The van der Waals surface area contributed by atoms with Crippen molar-refractivity contribution in [2.45, 2.75) is 13.8 Å². The van der Waals surface area contributed by atoms with Crippen molar-refractivity contribution in [1.82, 2.24) is 0 Å². The minimum atomic E-state index is 0.753. The van der Waals surface area contributed by atoms with E-state index in [2.05, 4.69) is 11.7 Å². The molecule has 0 bridgehead atoms. The summed E-state index contributed by atoms with van der Waals surface area (Å²) >= 11 is 0. The minimum Gasteiger partial charge on any atom is -0.298 e. The molecule has 0 fully saturated rings. The quantitative estimate of drug-likeness (QED) is 0.370. The van der Waals surface area contributed by atoms with Crippen molar-refractivity contribution in [3.8, 4) is 0 Å². The third kappa shape index (κ3) is 2.82. The Kier molecular flexibility index (Phi) is 4.92. The van der Waals surface area contributed by atoms with Gasteiger partial charge in [0, 0.05) is 5.56 Å². The number of hydrogen-bond acceptors (Lipinski definition) is 3. The molecule has 0 radical (unpaired) electrons. The fourth-order valence-corrected chi connectivity index (χ4v) is 0.838. The van der Waals surface area contributed by atoms with E-state index in [0.717, 1.165) is 11.8 Å². The van der Waals surface area contributed by atoms with Gasteiger partial charge in [-0.25, -0.2) is 0 Å². The predicted octanol–water partition coefficient (Wildman–Crippen LogP) is 0.935. The fourth-order valence-electron chi connectivity index (χ4n) is 0.838. The molecule has 0 saturated heterocycles. The van der Waals surface area contributed by atoms with Crippen molar-refractivity contribution in [1.29, 1.82) is 0 Å². The van der Waals surface area contributed by atoms with Crippen molar-refractivity contribution < 1.29 is 4.79 Å². The molecule has 1 rings (SSSR count). The third-order valence-corrected chi connectivity index (χ3v) is 1.67. The van der Waals surface area contributed by atoms with Crippen molar-refractivity contribution in [3.63, 3.8) is 0 Å². The average Bonchev–Trinajstić information content (AvgIpc) is 2.13. The Morgan fingerprint density at radius 2 is 1.75 bits per heavy atom. The largest absolute Gasteiger partial charge is 0.298 e. The molecule has 1 aromatic rings. The van der Waals surface area contributed by atoms with Gasteiger partial charge in [0.15, 0.2) is 0 Å². The van der Waals surface area contributed by atoms with Crippen LogP contribution in [-0.4, -0.2) is 6.29 Å². The lowest BCUT2D eigenvalue weighted by molar-refractivity contribution is 0.112. The van der Waals surface area contributed by atoms with Crippen molar-refractivity contribution in [2.24, 2.45) is 11.7 Å². The van der Waals surface area contributed by atoms with E-state index in [1.807, 2.05) is 32.0 Å².